The third kappa shape index (κ3) is 4.25. The van der Waals surface area contributed by atoms with Crippen molar-refractivity contribution >= 4 is 40.7 Å². The summed E-state index contributed by atoms with van der Waals surface area (Å²) in [5, 5.41) is 12.9. The Labute approximate surface area is 212 Å². The number of allylic oxidation sites excluding steroid dienone is 1. The maximum absolute atomic E-state index is 13.5. The van der Waals surface area contributed by atoms with Crippen molar-refractivity contribution in [1.29, 1.82) is 0 Å². The zero-order valence-corrected chi connectivity index (χ0v) is 20.9. The van der Waals surface area contributed by atoms with E-state index in [9.17, 15) is 19.5 Å². The molecule has 4 heterocycles. The van der Waals surface area contributed by atoms with Crippen LogP contribution >= 0.6 is 22.7 Å². The molecule has 1 aromatic carbocycles. The number of carbonyl (C=O) groups is 2. The molecular formula is C26H19N2O6S2-. The van der Waals surface area contributed by atoms with Crippen molar-refractivity contribution in [2.24, 2.45) is 4.99 Å². The van der Waals surface area contributed by atoms with E-state index in [-0.39, 0.29) is 17.7 Å². The highest BCUT2D eigenvalue weighted by Crippen LogP contribution is 2.33. The highest BCUT2D eigenvalue weighted by Gasteiger charge is 2.33. The molecule has 0 saturated heterocycles. The number of ether oxygens (including phenoxy) is 1. The van der Waals surface area contributed by atoms with E-state index in [0.717, 1.165) is 4.88 Å². The summed E-state index contributed by atoms with van der Waals surface area (Å²) in [7, 11) is 0. The van der Waals surface area contributed by atoms with Gasteiger partial charge in [0.2, 0.25) is 0 Å². The van der Waals surface area contributed by atoms with E-state index in [1.54, 1.807) is 44.2 Å². The van der Waals surface area contributed by atoms with Crippen LogP contribution in [0.25, 0.3) is 17.4 Å². The van der Waals surface area contributed by atoms with Crippen molar-refractivity contribution < 1.29 is 23.8 Å². The third-order valence-corrected chi connectivity index (χ3v) is 7.54. The molecule has 182 valence electrons. The Morgan fingerprint density at radius 2 is 1.97 bits per heavy atom. The van der Waals surface area contributed by atoms with Crippen LogP contribution in [-0.4, -0.2) is 23.1 Å². The van der Waals surface area contributed by atoms with Crippen molar-refractivity contribution in [3.8, 4) is 11.3 Å². The number of furan rings is 1. The molecule has 36 heavy (non-hydrogen) atoms. The monoisotopic (exact) mass is 519 g/mol. The molecule has 0 fully saturated rings. The second-order valence-electron chi connectivity index (χ2n) is 7.88. The first-order valence-corrected chi connectivity index (χ1v) is 12.7. The zero-order chi connectivity index (χ0) is 25.4. The number of thiophene rings is 1. The van der Waals surface area contributed by atoms with E-state index in [0.29, 0.717) is 37.7 Å². The normalized spacial score (nSPS) is 15.5. The van der Waals surface area contributed by atoms with Gasteiger partial charge in [0.15, 0.2) is 4.80 Å². The molecule has 1 atom stereocenters. The average Bonchev–Trinajstić information content (AvgIpc) is 3.60. The molecule has 3 aromatic heterocycles. The molecule has 8 nitrogen and oxygen atoms in total. The number of fused-ring (bicyclic) bond motifs is 1. The molecule has 0 saturated carbocycles. The van der Waals surface area contributed by atoms with Crippen molar-refractivity contribution in [3.05, 3.63) is 101 Å². The number of carboxylic acids is 1. The molecular weight excluding hydrogens is 500 g/mol. The SMILES string of the molecule is CCOC(=O)C1=C(C)N=c2s/c(=C/c3ccc(-c4ccc(C(=O)[O-])cc4)o3)c(=O)n2[C@H]1c1cccs1. The zero-order valence-electron chi connectivity index (χ0n) is 19.2. The standard InChI is InChI=1S/C26H20N2O6S2/c1-3-33-25(32)21-14(2)27-26-28(22(21)19-5-4-12-35-19)23(29)20(36-26)13-17-10-11-18(34-17)15-6-8-16(9-7-15)24(30)31/h4-13,22H,3H2,1-2H3,(H,30,31)/p-1/b20-13+/t22-/m0/s1. The lowest BCUT2D eigenvalue weighted by Crippen LogP contribution is -2.39. The van der Waals surface area contributed by atoms with Gasteiger partial charge in [-0.25, -0.2) is 9.79 Å². The Hall–Kier alpha value is -4.02. The first-order valence-electron chi connectivity index (χ1n) is 11.0. The van der Waals surface area contributed by atoms with Crippen LogP contribution in [-0.2, 0) is 9.53 Å². The van der Waals surface area contributed by atoms with Gasteiger partial charge in [0.1, 0.15) is 17.6 Å². The number of benzene rings is 1. The predicted octanol–water partition coefficient (Wildman–Crippen LogP) is 2.48. The summed E-state index contributed by atoms with van der Waals surface area (Å²) in [5.74, 6) is -0.768. The summed E-state index contributed by atoms with van der Waals surface area (Å²) < 4.78 is 13.1. The highest BCUT2D eigenvalue weighted by atomic mass is 32.1. The second-order valence-corrected chi connectivity index (χ2v) is 9.87. The number of thiazole rings is 1. The van der Waals surface area contributed by atoms with E-state index in [4.69, 9.17) is 9.15 Å². The van der Waals surface area contributed by atoms with Gasteiger partial charge < -0.3 is 19.1 Å². The van der Waals surface area contributed by atoms with Crippen molar-refractivity contribution in [2.45, 2.75) is 19.9 Å². The minimum Gasteiger partial charge on any atom is -0.545 e. The van der Waals surface area contributed by atoms with E-state index >= 15 is 0 Å². The Bertz CT molecular complexity index is 1670. The molecule has 1 aliphatic heterocycles. The fourth-order valence-electron chi connectivity index (χ4n) is 3.99. The Morgan fingerprint density at radius 3 is 2.64 bits per heavy atom. The molecule has 0 radical (unpaired) electrons. The summed E-state index contributed by atoms with van der Waals surface area (Å²) in [6.07, 6.45) is 1.64. The van der Waals surface area contributed by atoms with Crippen molar-refractivity contribution in [3.63, 3.8) is 0 Å². The van der Waals surface area contributed by atoms with E-state index in [1.807, 2.05) is 17.5 Å². The number of aromatic carboxylic acids is 1. The fourth-order valence-corrected chi connectivity index (χ4v) is 5.84. The van der Waals surface area contributed by atoms with Gasteiger partial charge in [-0.05, 0) is 43.0 Å². The summed E-state index contributed by atoms with van der Waals surface area (Å²) in [6, 6.07) is 12.7. The first-order chi connectivity index (χ1) is 17.4. The number of hydrogen-bond donors (Lipinski definition) is 0. The van der Waals surface area contributed by atoms with E-state index in [2.05, 4.69) is 4.99 Å². The number of hydrogen-bond acceptors (Lipinski definition) is 9. The molecule has 0 aliphatic carbocycles. The lowest BCUT2D eigenvalue weighted by atomic mass is 10.0. The van der Waals surface area contributed by atoms with Gasteiger partial charge >= 0.3 is 5.97 Å². The lowest BCUT2D eigenvalue weighted by molar-refractivity contribution is -0.255. The van der Waals surface area contributed by atoms with Crippen LogP contribution in [0, 0.1) is 0 Å². The van der Waals surface area contributed by atoms with Gasteiger partial charge in [0.05, 0.1) is 28.4 Å². The van der Waals surface area contributed by atoms with Gasteiger partial charge in [-0.15, -0.1) is 11.3 Å². The van der Waals surface area contributed by atoms with Crippen LogP contribution in [0.5, 0.6) is 0 Å². The molecule has 0 N–H and O–H groups in total. The Morgan fingerprint density at radius 1 is 1.19 bits per heavy atom. The highest BCUT2D eigenvalue weighted by molar-refractivity contribution is 7.10. The summed E-state index contributed by atoms with van der Waals surface area (Å²) >= 11 is 2.67. The quantitative estimate of drug-likeness (QED) is 0.362. The number of esters is 1. The van der Waals surface area contributed by atoms with Gasteiger partial charge in [-0.1, -0.05) is 41.7 Å². The Balaban J connectivity index is 1.57. The van der Waals surface area contributed by atoms with Crippen LogP contribution in [0.1, 0.15) is 40.9 Å². The van der Waals surface area contributed by atoms with E-state index in [1.165, 1.54) is 39.4 Å². The number of carbonyl (C=O) groups excluding carboxylic acids is 2. The summed E-state index contributed by atoms with van der Waals surface area (Å²) in [6.45, 7) is 3.70. The first kappa shape index (κ1) is 23.7. The number of nitrogens with zero attached hydrogens (tertiary/aromatic N) is 2. The lowest BCUT2D eigenvalue weighted by Gasteiger charge is -2.23. The van der Waals surface area contributed by atoms with Gasteiger partial charge in [0, 0.05) is 16.5 Å². The van der Waals surface area contributed by atoms with E-state index < -0.39 is 18.0 Å². The van der Waals surface area contributed by atoms with Crippen LogP contribution in [0.15, 0.2) is 79.4 Å². The smallest absolute Gasteiger partial charge is 0.338 e. The third-order valence-electron chi connectivity index (χ3n) is 5.63. The molecule has 4 aromatic rings. The molecule has 1 aliphatic rings. The summed E-state index contributed by atoms with van der Waals surface area (Å²) in [5.41, 5.74) is 1.33. The molecule has 10 heteroatoms. The topological polar surface area (TPSA) is 114 Å². The molecule has 5 rings (SSSR count). The number of rotatable bonds is 6. The molecule has 0 spiro atoms. The minimum absolute atomic E-state index is 0.0735. The number of aromatic nitrogens is 1. The second kappa shape index (κ2) is 9.56. The molecule has 0 unspecified atom stereocenters. The largest absolute Gasteiger partial charge is 0.545 e. The maximum atomic E-state index is 13.5. The number of carboxylic acid groups (broad SMARTS) is 1. The average molecular weight is 520 g/mol. The molecule has 0 bridgehead atoms. The maximum Gasteiger partial charge on any atom is 0.338 e. The Kier molecular flexibility index (Phi) is 6.29. The summed E-state index contributed by atoms with van der Waals surface area (Å²) in [4.78, 5) is 43.2. The van der Waals surface area contributed by atoms with Crippen molar-refractivity contribution in [1.82, 2.24) is 4.57 Å². The van der Waals surface area contributed by atoms with Crippen LogP contribution in [0.2, 0.25) is 0 Å². The van der Waals surface area contributed by atoms with Crippen LogP contribution in [0.3, 0.4) is 0 Å². The minimum atomic E-state index is -1.25. The van der Waals surface area contributed by atoms with Gasteiger partial charge in [0.25, 0.3) is 5.56 Å². The van der Waals surface area contributed by atoms with Crippen molar-refractivity contribution in [2.75, 3.05) is 6.61 Å². The predicted molar refractivity (Wildman–Crippen MR) is 133 cm³/mol. The van der Waals surface area contributed by atoms with Crippen LogP contribution in [0.4, 0.5) is 0 Å². The van der Waals surface area contributed by atoms with Gasteiger partial charge in [-0.2, -0.15) is 0 Å². The van der Waals surface area contributed by atoms with Gasteiger partial charge in [-0.3, -0.25) is 9.36 Å². The molecule has 0 amide bonds. The van der Waals surface area contributed by atoms with Crippen LogP contribution < -0.4 is 20.0 Å². The fraction of sp³-hybridized carbons (Fsp3) is 0.154.